The summed E-state index contributed by atoms with van der Waals surface area (Å²) in [4.78, 5) is 2.31. The van der Waals surface area contributed by atoms with Gasteiger partial charge < -0.3 is 9.84 Å². The van der Waals surface area contributed by atoms with Gasteiger partial charge in [-0.15, -0.1) is 0 Å². The van der Waals surface area contributed by atoms with Crippen LogP contribution in [0.15, 0.2) is 24.3 Å². The van der Waals surface area contributed by atoms with E-state index in [1.54, 1.807) is 6.07 Å². The molecular formula is C15H20FNO2. The molecule has 1 aliphatic heterocycles. The van der Waals surface area contributed by atoms with Crippen LogP contribution < -0.4 is 0 Å². The van der Waals surface area contributed by atoms with Crippen LogP contribution in [0, 0.1) is 11.7 Å². The maximum atomic E-state index is 13.7. The van der Waals surface area contributed by atoms with Crippen molar-refractivity contribution in [1.82, 2.24) is 4.90 Å². The molecule has 1 heterocycles. The Hall–Kier alpha value is -0.970. The minimum Gasteiger partial charge on any atom is -0.396 e. The quantitative estimate of drug-likeness (QED) is 0.904. The van der Waals surface area contributed by atoms with Gasteiger partial charge in [0.15, 0.2) is 0 Å². The maximum Gasteiger partial charge on any atom is 0.127 e. The second kappa shape index (κ2) is 5.57. The lowest BCUT2D eigenvalue weighted by Crippen LogP contribution is -2.47. The molecule has 1 aromatic carbocycles. The zero-order chi connectivity index (χ0) is 13.2. The van der Waals surface area contributed by atoms with Crippen LogP contribution in [0.1, 0.15) is 18.4 Å². The third-order valence-corrected chi connectivity index (χ3v) is 4.34. The minimum atomic E-state index is -0.137. The predicted octanol–water partition coefficient (Wildman–Crippen LogP) is 1.80. The fourth-order valence-corrected chi connectivity index (χ4v) is 3.32. The van der Waals surface area contributed by atoms with Crippen LogP contribution >= 0.6 is 0 Å². The standard InChI is InChI=1S/C15H20FNO2/c16-13-4-2-1-3-12(13)9-17-5-6-19-15-8-11(10-18)7-14(15)17/h1-4,11,14-15,18H,5-10H2/t11-,14+,15?/m1/s1. The Bertz CT molecular complexity index is 440. The maximum absolute atomic E-state index is 13.7. The molecule has 0 spiro atoms. The van der Waals surface area contributed by atoms with Crippen molar-refractivity contribution in [3.63, 3.8) is 0 Å². The number of hydrogen-bond acceptors (Lipinski definition) is 3. The van der Waals surface area contributed by atoms with E-state index in [0.717, 1.165) is 24.9 Å². The largest absolute Gasteiger partial charge is 0.396 e. The molecule has 4 heteroatoms. The summed E-state index contributed by atoms with van der Waals surface area (Å²) in [6.07, 6.45) is 2.09. The Morgan fingerprint density at radius 3 is 2.95 bits per heavy atom. The third-order valence-electron chi connectivity index (χ3n) is 4.34. The highest BCUT2D eigenvalue weighted by Gasteiger charge is 2.40. The number of aliphatic hydroxyl groups excluding tert-OH is 1. The molecular weight excluding hydrogens is 245 g/mol. The Morgan fingerprint density at radius 1 is 1.32 bits per heavy atom. The van der Waals surface area contributed by atoms with Crippen molar-refractivity contribution in [2.24, 2.45) is 5.92 Å². The molecule has 3 atom stereocenters. The summed E-state index contributed by atoms with van der Waals surface area (Å²) in [5.74, 6) is 0.193. The van der Waals surface area contributed by atoms with E-state index in [0.29, 0.717) is 25.1 Å². The van der Waals surface area contributed by atoms with E-state index >= 15 is 0 Å². The van der Waals surface area contributed by atoms with Crippen molar-refractivity contribution < 1.29 is 14.2 Å². The average Bonchev–Trinajstić information content (AvgIpc) is 2.85. The molecule has 1 unspecified atom stereocenters. The molecule has 1 aromatic rings. The first-order valence-corrected chi connectivity index (χ1v) is 6.98. The van der Waals surface area contributed by atoms with Gasteiger partial charge in [0.05, 0.1) is 12.7 Å². The van der Waals surface area contributed by atoms with Gasteiger partial charge in [0.25, 0.3) is 0 Å². The van der Waals surface area contributed by atoms with Crippen LogP contribution in [-0.4, -0.2) is 41.9 Å². The van der Waals surface area contributed by atoms with E-state index in [4.69, 9.17) is 4.74 Å². The molecule has 104 valence electrons. The number of rotatable bonds is 3. The number of fused-ring (bicyclic) bond motifs is 1. The fourth-order valence-electron chi connectivity index (χ4n) is 3.32. The molecule has 3 nitrogen and oxygen atoms in total. The average molecular weight is 265 g/mol. The van der Waals surface area contributed by atoms with Crippen LogP contribution in [-0.2, 0) is 11.3 Å². The van der Waals surface area contributed by atoms with Crippen LogP contribution in [0.5, 0.6) is 0 Å². The van der Waals surface area contributed by atoms with Crippen LogP contribution in [0.25, 0.3) is 0 Å². The van der Waals surface area contributed by atoms with E-state index in [9.17, 15) is 9.50 Å². The van der Waals surface area contributed by atoms with Gasteiger partial charge in [-0.05, 0) is 24.8 Å². The second-order valence-electron chi connectivity index (χ2n) is 5.56. The lowest BCUT2D eigenvalue weighted by atomic mass is 10.1. The van der Waals surface area contributed by atoms with Gasteiger partial charge in [0.1, 0.15) is 5.82 Å². The second-order valence-corrected chi connectivity index (χ2v) is 5.56. The minimum absolute atomic E-state index is 0.137. The summed E-state index contributed by atoms with van der Waals surface area (Å²) < 4.78 is 19.5. The Labute approximate surface area is 113 Å². The molecule has 0 radical (unpaired) electrons. The van der Waals surface area contributed by atoms with Gasteiger partial charge in [0.2, 0.25) is 0 Å². The van der Waals surface area contributed by atoms with Gasteiger partial charge in [0, 0.05) is 31.3 Å². The predicted molar refractivity (Wildman–Crippen MR) is 70.1 cm³/mol. The first kappa shape index (κ1) is 13.0. The molecule has 2 aliphatic rings. The molecule has 1 aliphatic carbocycles. The van der Waals surface area contributed by atoms with Crippen molar-refractivity contribution in [3.8, 4) is 0 Å². The molecule has 0 amide bonds. The van der Waals surface area contributed by atoms with Crippen molar-refractivity contribution in [1.29, 1.82) is 0 Å². The third kappa shape index (κ3) is 2.66. The molecule has 2 fully saturated rings. The van der Waals surface area contributed by atoms with Crippen LogP contribution in [0.4, 0.5) is 4.39 Å². The zero-order valence-electron chi connectivity index (χ0n) is 11.0. The highest BCUT2D eigenvalue weighted by Crippen LogP contribution is 2.34. The first-order chi connectivity index (χ1) is 9.28. The summed E-state index contributed by atoms with van der Waals surface area (Å²) in [6.45, 7) is 2.40. The van der Waals surface area contributed by atoms with Gasteiger partial charge >= 0.3 is 0 Å². The monoisotopic (exact) mass is 265 g/mol. The molecule has 1 saturated carbocycles. The summed E-state index contributed by atoms with van der Waals surface area (Å²) in [5.41, 5.74) is 0.746. The van der Waals surface area contributed by atoms with E-state index in [1.165, 1.54) is 6.07 Å². The molecule has 0 aromatic heterocycles. The van der Waals surface area contributed by atoms with Crippen molar-refractivity contribution in [2.45, 2.75) is 31.5 Å². The van der Waals surface area contributed by atoms with Gasteiger partial charge in [-0.2, -0.15) is 0 Å². The summed E-state index contributed by atoms with van der Waals surface area (Å²) in [7, 11) is 0. The summed E-state index contributed by atoms with van der Waals surface area (Å²) in [5, 5.41) is 9.30. The normalized spacial score (nSPS) is 31.4. The molecule has 19 heavy (non-hydrogen) atoms. The Kier molecular flexibility index (Phi) is 3.82. The SMILES string of the molecule is OC[C@H]1CC2OCCN(Cc3ccccc3F)[C@H]2C1. The molecule has 0 bridgehead atoms. The van der Waals surface area contributed by atoms with Crippen LogP contribution in [0.2, 0.25) is 0 Å². The van der Waals surface area contributed by atoms with Gasteiger partial charge in [-0.1, -0.05) is 18.2 Å². The van der Waals surface area contributed by atoms with Crippen molar-refractivity contribution in [3.05, 3.63) is 35.6 Å². The topological polar surface area (TPSA) is 32.7 Å². The highest BCUT2D eigenvalue weighted by molar-refractivity contribution is 5.17. The Morgan fingerprint density at radius 2 is 2.16 bits per heavy atom. The van der Waals surface area contributed by atoms with E-state index in [-0.39, 0.29) is 18.5 Å². The summed E-state index contributed by atoms with van der Waals surface area (Å²) in [6, 6.07) is 7.28. The number of nitrogens with zero attached hydrogens (tertiary/aromatic N) is 1. The number of morpholine rings is 1. The fraction of sp³-hybridized carbons (Fsp3) is 0.600. The van der Waals surface area contributed by atoms with Gasteiger partial charge in [-0.25, -0.2) is 4.39 Å². The number of hydrogen-bond donors (Lipinski definition) is 1. The molecule has 1 N–H and O–H groups in total. The van der Waals surface area contributed by atoms with Crippen LogP contribution in [0.3, 0.4) is 0 Å². The molecule has 1 saturated heterocycles. The Balaban J connectivity index is 1.72. The molecule has 3 rings (SSSR count). The number of benzene rings is 1. The lowest BCUT2D eigenvalue weighted by molar-refractivity contribution is -0.0593. The first-order valence-electron chi connectivity index (χ1n) is 6.98. The number of aliphatic hydroxyl groups is 1. The number of halogens is 1. The zero-order valence-corrected chi connectivity index (χ0v) is 11.0. The van der Waals surface area contributed by atoms with E-state index in [2.05, 4.69) is 4.90 Å². The van der Waals surface area contributed by atoms with E-state index < -0.39 is 0 Å². The summed E-state index contributed by atoms with van der Waals surface area (Å²) >= 11 is 0. The van der Waals surface area contributed by atoms with Crippen molar-refractivity contribution in [2.75, 3.05) is 19.8 Å². The smallest absolute Gasteiger partial charge is 0.127 e. The highest BCUT2D eigenvalue weighted by atomic mass is 19.1. The van der Waals surface area contributed by atoms with Gasteiger partial charge in [-0.3, -0.25) is 4.90 Å². The number of ether oxygens (including phenoxy) is 1. The van der Waals surface area contributed by atoms with E-state index in [1.807, 2.05) is 12.1 Å². The lowest BCUT2D eigenvalue weighted by Gasteiger charge is -2.37. The van der Waals surface area contributed by atoms with Crippen molar-refractivity contribution >= 4 is 0 Å².